The summed E-state index contributed by atoms with van der Waals surface area (Å²) in [6.07, 6.45) is 9.80. The number of halogens is 1. The Bertz CT molecular complexity index is 601. The van der Waals surface area contributed by atoms with Crippen molar-refractivity contribution in [2.75, 3.05) is 13.1 Å². The molecule has 4 aliphatic carbocycles. The van der Waals surface area contributed by atoms with Crippen LogP contribution in [0.1, 0.15) is 91.9 Å². The van der Waals surface area contributed by atoms with E-state index in [0.717, 1.165) is 64.5 Å². The van der Waals surface area contributed by atoms with Crippen molar-refractivity contribution in [1.82, 2.24) is 0 Å². The Labute approximate surface area is 187 Å². The number of ether oxygens (including phenoxy) is 2. The fourth-order valence-corrected chi connectivity index (χ4v) is 10.9. The third-order valence-corrected chi connectivity index (χ3v) is 9.36. The van der Waals surface area contributed by atoms with E-state index in [1.54, 1.807) is 0 Å². The van der Waals surface area contributed by atoms with Gasteiger partial charge >= 0.3 is 0 Å². The van der Waals surface area contributed by atoms with Crippen LogP contribution in [0.3, 0.4) is 0 Å². The van der Waals surface area contributed by atoms with Crippen LogP contribution in [-0.4, -0.2) is 46.1 Å². The minimum absolute atomic E-state index is 0. The third kappa shape index (κ3) is 3.21. The van der Waals surface area contributed by atoms with Crippen molar-refractivity contribution in [3.8, 4) is 0 Å². The molecule has 0 aromatic carbocycles. The van der Waals surface area contributed by atoms with Crippen LogP contribution in [0, 0.1) is 21.7 Å². The van der Waals surface area contributed by atoms with Crippen molar-refractivity contribution in [3.63, 3.8) is 0 Å². The van der Waals surface area contributed by atoms with Gasteiger partial charge in [-0.15, -0.1) is 0 Å². The molecule has 4 unspecified atom stereocenters. The second-order valence-electron chi connectivity index (χ2n) is 14.2. The average molecular weight is 442 g/mol. The minimum Gasteiger partial charge on any atom is -1.00 e. The molecule has 6 heteroatoms. The highest BCUT2D eigenvalue weighted by Gasteiger charge is 2.69. The van der Waals surface area contributed by atoms with E-state index in [4.69, 9.17) is 9.47 Å². The van der Waals surface area contributed by atoms with Gasteiger partial charge in [0.25, 0.3) is 0 Å². The zero-order valence-corrected chi connectivity index (χ0v) is 19.9. The van der Waals surface area contributed by atoms with Gasteiger partial charge in [0.2, 0.25) is 0 Å². The standard InChI is InChI=1S/C24H39NO4.ClH/c1-17-5-18(2)8-21(7-17,28-23(26,11-17)12-18)15-25-16-22-9-19(3)6-20(4,10-22)14-24(27,13-19)29-22;/h25-27H,5-16H2,1-4H3;1H. The number of aliphatic hydroxyl groups is 2. The summed E-state index contributed by atoms with van der Waals surface area (Å²) in [5, 5.41) is 24.7. The summed E-state index contributed by atoms with van der Waals surface area (Å²) in [7, 11) is 0. The summed E-state index contributed by atoms with van der Waals surface area (Å²) in [6, 6.07) is 0. The minimum atomic E-state index is -0.931. The second-order valence-corrected chi connectivity index (χ2v) is 14.2. The highest BCUT2D eigenvalue weighted by Crippen LogP contribution is 2.68. The van der Waals surface area contributed by atoms with Gasteiger partial charge in [-0.2, -0.15) is 0 Å². The monoisotopic (exact) mass is 441 g/mol. The molecule has 4 saturated carbocycles. The predicted molar refractivity (Wildman–Crippen MR) is 108 cm³/mol. The van der Waals surface area contributed by atoms with Crippen LogP contribution in [-0.2, 0) is 9.47 Å². The van der Waals surface area contributed by atoms with Gasteiger partial charge in [-0.05, 0) is 60.2 Å². The average Bonchev–Trinajstić information content (AvgIpc) is 2.34. The molecule has 4 N–H and O–H groups in total. The molecule has 172 valence electrons. The lowest BCUT2D eigenvalue weighted by Gasteiger charge is -2.67. The Morgan fingerprint density at radius 3 is 1.13 bits per heavy atom. The van der Waals surface area contributed by atoms with E-state index in [-0.39, 0.29) is 45.3 Å². The van der Waals surface area contributed by atoms with Crippen molar-refractivity contribution >= 4 is 0 Å². The number of nitrogens with two attached hydrogens (primary N) is 1. The molecule has 8 bridgehead atoms. The van der Waals surface area contributed by atoms with E-state index in [9.17, 15) is 10.2 Å². The van der Waals surface area contributed by atoms with Gasteiger partial charge in [0.1, 0.15) is 24.3 Å². The topological polar surface area (TPSA) is 75.5 Å². The first kappa shape index (κ1) is 21.9. The molecule has 4 atom stereocenters. The van der Waals surface area contributed by atoms with Crippen molar-refractivity contribution in [3.05, 3.63) is 0 Å². The summed E-state index contributed by atoms with van der Waals surface area (Å²) in [5.41, 5.74) is 0.331. The van der Waals surface area contributed by atoms with Gasteiger partial charge < -0.3 is 37.4 Å². The van der Waals surface area contributed by atoms with Gasteiger partial charge in [-0.25, -0.2) is 0 Å². The highest BCUT2D eigenvalue weighted by atomic mass is 35.5. The lowest BCUT2D eigenvalue weighted by atomic mass is 9.48. The number of hydrogen-bond acceptors (Lipinski definition) is 4. The van der Waals surface area contributed by atoms with Gasteiger partial charge in [0, 0.05) is 25.7 Å². The van der Waals surface area contributed by atoms with Crippen LogP contribution >= 0.6 is 0 Å². The zero-order chi connectivity index (χ0) is 20.6. The molecule has 0 radical (unpaired) electrons. The van der Waals surface area contributed by atoms with Gasteiger partial charge in [-0.1, -0.05) is 27.7 Å². The maximum atomic E-state index is 11.1. The van der Waals surface area contributed by atoms with Crippen molar-refractivity contribution in [2.24, 2.45) is 21.7 Å². The Balaban J connectivity index is 0.00000193. The van der Waals surface area contributed by atoms with E-state index in [1.165, 1.54) is 12.8 Å². The molecule has 5 nitrogen and oxygen atoms in total. The lowest BCUT2D eigenvalue weighted by molar-refractivity contribution is -0.693. The third-order valence-electron chi connectivity index (χ3n) is 9.36. The highest BCUT2D eigenvalue weighted by molar-refractivity contribution is 5.14. The van der Waals surface area contributed by atoms with E-state index in [0.29, 0.717) is 0 Å². The number of hydrogen-bond donors (Lipinski definition) is 3. The molecule has 8 rings (SSSR count). The Hall–Kier alpha value is 0.0900. The molecule has 8 aliphatic rings. The first-order valence-corrected chi connectivity index (χ1v) is 11.9. The normalized spacial score (nSPS) is 62.6. The molecule has 0 aromatic heterocycles. The van der Waals surface area contributed by atoms with Gasteiger partial charge in [-0.3, -0.25) is 0 Å². The SMILES string of the molecule is CC12CC3(C)CC(O)(C1)OC(C[NH2+]CC14CC5(C)CC(C)(CC(O)(C5)O1)C4)(C2)C3.[Cl-]. The van der Waals surface area contributed by atoms with Crippen molar-refractivity contribution in [1.29, 1.82) is 0 Å². The maximum Gasteiger partial charge on any atom is 0.167 e. The summed E-state index contributed by atoms with van der Waals surface area (Å²) >= 11 is 0. The molecule has 0 aromatic rings. The van der Waals surface area contributed by atoms with Crippen LogP contribution in [0.4, 0.5) is 0 Å². The van der Waals surface area contributed by atoms with E-state index in [1.807, 2.05) is 0 Å². The van der Waals surface area contributed by atoms with Crippen LogP contribution < -0.4 is 17.7 Å². The molecular weight excluding hydrogens is 402 g/mol. The maximum absolute atomic E-state index is 11.1. The van der Waals surface area contributed by atoms with Gasteiger partial charge in [0.05, 0.1) is 0 Å². The Morgan fingerprint density at radius 1 is 0.567 bits per heavy atom. The van der Waals surface area contributed by atoms with Crippen molar-refractivity contribution < 1.29 is 37.4 Å². The Morgan fingerprint density at radius 2 is 0.867 bits per heavy atom. The molecular formula is C24H40ClNO4. The van der Waals surface area contributed by atoms with Crippen LogP contribution in [0.15, 0.2) is 0 Å². The fourth-order valence-electron chi connectivity index (χ4n) is 10.9. The quantitative estimate of drug-likeness (QED) is 0.547. The van der Waals surface area contributed by atoms with Crippen molar-refractivity contribution in [2.45, 2.75) is 115 Å². The summed E-state index contributed by atoms with van der Waals surface area (Å²) in [5.74, 6) is -1.86. The number of rotatable bonds is 4. The summed E-state index contributed by atoms with van der Waals surface area (Å²) < 4.78 is 12.9. The van der Waals surface area contributed by atoms with Crippen LogP contribution in [0.5, 0.6) is 0 Å². The molecule has 4 heterocycles. The van der Waals surface area contributed by atoms with E-state index in [2.05, 4.69) is 33.0 Å². The van der Waals surface area contributed by atoms with E-state index < -0.39 is 11.6 Å². The molecule has 30 heavy (non-hydrogen) atoms. The first-order chi connectivity index (χ1) is 13.2. The smallest absolute Gasteiger partial charge is 0.167 e. The molecule has 0 spiro atoms. The largest absolute Gasteiger partial charge is 1.00 e. The lowest BCUT2D eigenvalue weighted by Crippen LogP contribution is -3.00. The summed E-state index contributed by atoms with van der Waals surface area (Å²) in [4.78, 5) is 0. The molecule has 4 aliphatic heterocycles. The zero-order valence-electron chi connectivity index (χ0n) is 19.2. The first-order valence-electron chi connectivity index (χ1n) is 11.9. The fraction of sp³-hybridized carbons (Fsp3) is 1.00. The Kier molecular flexibility index (Phi) is 4.21. The molecule has 4 saturated heterocycles. The summed E-state index contributed by atoms with van der Waals surface area (Å²) in [6.45, 7) is 11.2. The van der Waals surface area contributed by atoms with Gasteiger partial charge in [0.15, 0.2) is 11.6 Å². The predicted octanol–water partition coefficient (Wildman–Crippen LogP) is -0.550. The van der Waals surface area contributed by atoms with Crippen LogP contribution in [0.2, 0.25) is 0 Å². The van der Waals surface area contributed by atoms with Crippen LogP contribution in [0.25, 0.3) is 0 Å². The second kappa shape index (κ2) is 5.77. The number of quaternary nitrogens is 1. The van der Waals surface area contributed by atoms with E-state index >= 15 is 0 Å². The molecule has 8 fully saturated rings. The molecule has 0 amide bonds.